The van der Waals surface area contributed by atoms with E-state index in [1.165, 1.54) is 31.4 Å². The molecule has 2 heteroatoms. The van der Waals surface area contributed by atoms with E-state index in [1.807, 2.05) is 11.8 Å². The zero-order valence-electron chi connectivity index (χ0n) is 7.40. The summed E-state index contributed by atoms with van der Waals surface area (Å²) in [5.41, 5.74) is 0.565. The van der Waals surface area contributed by atoms with Crippen LogP contribution in [0.15, 0.2) is 0 Å². The molecule has 0 N–H and O–H groups in total. The maximum Gasteiger partial charge on any atom is 0.0341 e. The average molecular weight is 193 g/mol. The Morgan fingerprint density at radius 1 is 1.64 bits per heavy atom. The van der Waals surface area contributed by atoms with Crippen molar-refractivity contribution in [3.05, 3.63) is 0 Å². The molecule has 66 valence electrons. The molecule has 0 bridgehead atoms. The third-order valence-corrected chi connectivity index (χ3v) is 3.67. The van der Waals surface area contributed by atoms with Crippen LogP contribution in [-0.4, -0.2) is 17.4 Å². The minimum atomic E-state index is 0.460. The molecule has 0 aromatic heterocycles. The van der Waals surface area contributed by atoms with E-state index >= 15 is 0 Å². The van der Waals surface area contributed by atoms with Crippen molar-refractivity contribution in [2.75, 3.05) is 12.0 Å². The normalized spacial score (nSPS) is 37.9. The fraction of sp³-hybridized carbons (Fsp3) is 1.00. The van der Waals surface area contributed by atoms with Crippen LogP contribution in [0.25, 0.3) is 0 Å². The standard InChI is InChI=1S/C9H17ClS/c1-9(5-6-11-2)4-3-8(10)7-9/h8H,3-7H2,1-2H3. The molecule has 0 radical (unpaired) electrons. The second kappa shape index (κ2) is 4.04. The maximum absolute atomic E-state index is 6.07. The van der Waals surface area contributed by atoms with Gasteiger partial charge in [0.05, 0.1) is 0 Å². The van der Waals surface area contributed by atoms with Gasteiger partial charge in [0.15, 0.2) is 0 Å². The molecule has 0 amide bonds. The van der Waals surface area contributed by atoms with E-state index in [4.69, 9.17) is 11.6 Å². The summed E-state index contributed by atoms with van der Waals surface area (Å²) in [6.45, 7) is 2.38. The largest absolute Gasteiger partial charge is 0.165 e. The highest BCUT2D eigenvalue weighted by molar-refractivity contribution is 7.98. The second-order valence-corrected chi connectivity index (χ2v) is 5.50. The zero-order valence-corrected chi connectivity index (χ0v) is 8.97. The van der Waals surface area contributed by atoms with Gasteiger partial charge in [-0.15, -0.1) is 11.6 Å². The Hall–Kier alpha value is 0.640. The van der Waals surface area contributed by atoms with Gasteiger partial charge in [-0.05, 0) is 43.1 Å². The van der Waals surface area contributed by atoms with Gasteiger partial charge in [0.1, 0.15) is 0 Å². The third-order valence-electron chi connectivity index (χ3n) is 2.69. The SMILES string of the molecule is CSCCC1(C)CCC(Cl)C1. The van der Waals surface area contributed by atoms with E-state index < -0.39 is 0 Å². The molecule has 1 aliphatic rings. The molecule has 0 aromatic rings. The summed E-state index contributed by atoms with van der Waals surface area (Å²) in [6, 6.07) is 0. The van der Waals surface area contributed by atoms with Crippen LogP contribution in [0.4, 0.5) is 0 Å². The van der Waals surface area contributed by atoms with Crippen molar-refractivity contribution < 1.29 is 0 Å². The minimum Gasteiger partial charge on any atom is -0.165 e. The predicted molar refractivity (Wildman–Crippen MR) is 54.6 cm³/mol. The van der Waals surface area contributed by atoms with E-state index in [1.54, 1.807) is 0 Å². The lowest BCUT2D eigenvalue weighted by atomic mass is 9.86. The van der Waals surface area contributed by atoms with Crippen LogP contribution in [0, 0.1) is 5.41 Å². The van der Waals surface area contributed by atoms with Crippen LogP contribution < -0.4 is 0 Å². The zero-order chi connectivity index (χ0) is 8.32. The van der Waals surface area contributed by atoms with Gasteiger partial charge in [0.25, 0.3) is 0 Å². The summed E-state index contributed by atoms with van der Waals surface area (Å²) in [4.78, 5) is 0. The first-order valence-corrected chi connectivity index (χ1v) is 6.12. The Morgan fingerprint density at radius 3 is 2.82 bits per heavy atom. The molecular weight excluding hydrogens is 176 g/mol. The molecule has 0 nitrogen and oxygen atoms in total. The van der Waals surface area contributed by atoms with Gasteiger partial charge in [-0.25, -0.2) is 0 Å². The smallest absolute Gasteiger partial charge is 0.0341 e. The first kappa shape index (κ1) is 9.73. The van der Waals surface area contributed by atoms with E-state index in [0.29, 0.717) is 10.8 Å². The first-order valence-electron chi connectivity index (χ1n) is 4.29. The van der Waals surface area contributed by atoms with Gasteiger partial charge in [0, 0.05) is 5.38 Å². The Kier molecular flexibility index (Phi) is 3.57. The van der Waals surface area contributed by atoms with Crippen molar-refractivity contribution in [1.29, 1.82) is 0 Å². The maximum atomic E-state index is 6.07. The fourth-order valence-corrected chi connectivity index (χ4v) is 3.00. The molecule has 0 spiro atoms. The van der Waals surface area contributed by atoms with Crippen LogP contribution in [0.2, 0.25) is 0 Å². The van der Waals surface area contributed by atoms with Crippen LogP contribution in [-0.2, 0) is 0 Å². The highest BCUT2D eigenvalue weighted by Gasteiger charge is 2.33. The van der Waals surface area contributed by atoms with E-state index in [0.717, 1.165) is 0 Å². The number of hydrogen-bond donors (Lipinski definition) is 0. The predicted octanol–water partition coefficient (Wildman–Crippen LogP) is 3.54. The summed E-state index contributed by atoms with van der Waals surface area (Å²) >= 11 is 8.01. The van der Waals surface area contributed by atoms with E-state index in [9.17, 15) is 0 Å². The Balaban J connectivity index is 2.29. The fourth-order valence-electron chi connectivity index (χ4n) is 1.82. The molecule has 1 saturated carbocycles. The number of alkyl halides is 1. The monoisotopic (exact) mass is 192 g/mol. The number of thioether (sulfide) groups is 1. The average Bonchev–Trinajstić information content (AvgIpc) is 2.28. The molecular formula is C9H17ClS. The molecule has 1 rings (SSSR count). The quantitative estimate of drug-likeness (QED) is 0.617. The Labute approximate surface area is 79.1 Å². The molecule has 2 unspecified atom stereocenters. The van der Waals surface area contributed by atoms with Crippen LogP contribution >= 0.6 is 23.4 Å². The molecule has 0 heterocycles. The summed E-state index contributed by atoms with van der Waals surface area (Å²) in [7, 11) is 0. The lowest BCUT2D eigenvalue weighted by molar-refractivity contribution is 0.327. The molecule has 0 saturated heterocycles. The van der Waals surface area contributed by atoms with Crippen molar-refractivity contribution in [1.82, 2.24) is 0 Å². The Bertz CT molecular complexity index is 127. The number of rotatable bonds is 3. The second-order valence-electron chi connectivity index (χ2n) is 3.89. The van der Waals surface area contributed by atoms with Crippen molar-refractivity contribution >= 4 is 23.4 Å². The molecule has 0 aliphatic heterocycles. The summed E-state index contributed by atoms with van der Waals surface area (Å²) in [5.74, 6) is 1.29. The highest BCUT2D eigenvalue weighted by atomic mass is 35.5. The van der Waals surface area contributed by atoms with Gasteiger partial charge >= 0.3 is 0 Å². The summed E-state index contributed by atoms with van der Waals surface area (Å²) < 4.78 is 0. The lowest BCUT2D eigenvalue weighted by Crippen LogP contribution is -2.12. The molecule has 1 fully saturated rings. The summed E-state index contributed by atoms with van der Waals surface area (Å²) in [5, 5.41) is 0.460. The van der Waals surface area contributed by atoms with Gasteiger partial charge in [-0.2, -0.15) is 11.8 Å². The van der Waals surface area contributed by atoms with Crippen molar-refractivity contribution in [3.8, 4) is 0 Å². The highest BCUT2D eigenvalue weighted by Crippen LogP contribution is 2.43. The lowest BCUT2D eigenvalue weighted by Gasteiger charge is -2.22. The molecule has 2 atom stereocenters. The van der Waals surface area contributed by atoms with Crippen molar-refractivity contribution in [2.24, 2.45) is 5.41 Å². The first-order chi connectivity index (χ1) is 5.16. The van der Waals surface area contributed by atoms with Crippen LogP contribution in [0.5, 0.6) is 0 Å². The van der Waals surface area contributed by atoms with Crippen LogP contribution in [0.3, 0.4) is 0 Å². The number of hydrogen-bond acceptors (Lipinski definition) is 1. The minimum absolute atomic E-state index is 0.460. The third kappa shape index (κ3) is 2.87. The topological polar surface area (TPSA) is 0 Å². The van der Waals surface area contributed by atoms with Crippen molar-refractivity contribution in [3.63, 3.8) is 0 Å². The number of halogens is 1. The van der Waals surface area contributed by atoms with E-state index in [2.05, 4.69) is 13.2 Å². The van der Waals surface area contributed by atoms with Gasteiger partial charge < -0.3 is 0 Å². The van der Waals surface area contributed by atoms with Crippen LogP contribution in [0.1, 0.15) is 32.6 Å². The summed E-state index contributed by atoms with van der Waals surface area (Å²) in [6.07, 6.45) is 7.32. The Morgan fingerprint density at radius 2 is 2.36 bits per heavy atom. The van der Waals surface area contributed by atoms with E-state index in [-0.39, 0.29) is 0 Å². The molecule has 0 aromatic carbocycles. The van der Waals surface area contributed by atoms with Gasteiger partial charge in [0.2, 0.25) is 0 Å². The molecule has 1 aliphatic carbocycles. The van der Waals surface area contributed by atoms with Crippen molar-refractivity contribution in [2.45, 2.75) is 38.0 Å². The van der Waals surface area contributed by atoms with Gasteiger partial charge in [-0.3, -0.25) is 0 Å². The van der Waals surface area contributed by atoms with Gasteiger partial charge in [-0.1, -0.05) is 6.92 Å². The molecule has 11 heavy (non-hydrogen) atoms.